The summed E-state index contributed by atoms with van der Waals surface area (Å²) < 4.78 is 0. The summed E-state index contributed by atoms with van der Waals surface area (Å²) in [7, 11) is 0. The number of halogens is 1. The molecular formula is C2H15ClCoN10+. The summed E-state index contributed by atoms with van der Waals surface area (Å²) >= 11 is 0. The predicted octanol–water partition coefficient (Wildman–Crippen LogP) is -3.49. The molecule has 0 amide bonds. The average molecular weight is 274 g/mol. The molecule has 10 nitrogen and oxygen atoms in total. The normalized spacial score (nSPS) is 3.93. The van der Waals surface area contributed by atoms with E-state index < -0.39 is 0 Å². The second-order valence-corrected chi connectivity index (χ2v) is 0.814. The monoisotopic (exact) mass is 273 g/mol. The van der Waals surface area contributed by atoms with Crippen LogP contribution in [-0.4, -0.2) is 15.4 Å². The van der Waals surface area contributed by atoms with Crippen LogP contribution < -0.4 is 48.4 Å². The first-order chi connectivity index (χ1) is 3.43. The van der Waals surface area contributed by atoms with Gasteiger partial charge in [0, 0.05) is 0 Å². The van der Waals surface area contributed by atoms with Crippen LogP contribution in [0.4, 0.5) is 0 Å². The van der Waals surface area contributed by atoms with E-state index in [0.29, 0.717) is 0 Å². The number of rotatable bonds is 0. The van der Waals surface area contributed by atoms with Crippen molar-refractivity contribution < 1.29 is 29.2 Å². The number of hydrogen-bond donors (Lipinski definition) is 5. The Bertz CT molecular complexity index is 181. The number of tetrazole rings is 1. The number of nitriles is 1. The molecule has 0 fully saturated rings. The van der Waals surface area contributed by atoms with Crippen LogP contribution in [-0.2, 0) is 16.8 Å². The average Bonchev–Trinajstić information content (AvgIpc) is 2.14. The molecule has 0 spiro atoms. The van der Waals surface area contributed by atoms with Gasteiger partial charge >= 0.3 is 16.8 Å². The van der Waals surface area contributed by atoms with Crippen molar-refractivity contribution in [3.05, 3.63) is 5.82 Å². The van der Waals surface area contributed by atoms with E-state index in [0.717, 1.165) is 0 Å². The second kappa shape index (κ2) is 29.5. The minimum absolute atomic E-state index is 0. The molecule has 0 aliphatic carbocycles. The van der Waals surface area contributed by atoms with Gasteiger partial charge in [0.1, 0.15) is 11.9 Å². The molecule has 1 heterocycles. The molecule has 12 heteroatoms. The molecule has 1 aromatic heterocycles. The van der Waals surface area contributed by atoms with Gasteiger partial charge in [-0.2, -0.15) is 5.26 Å². The first-order valence-electron chi connectivity index (χ1n) is 1.52. The van der Waals surface area contributed by atoms with Gasteiger partial charge in [-0.3, -0.25) is 10.4 Å². The van der Waals surface area contributed by atoms with Crippen molar-refractivity contribution in [1.82, 2.24) is 51.4 Å². The van der Waals surface area contributed by atoms with Crippen molar-refractivity contribution in [3.63, 3.8) is 0 Å². The van der Waals surface area contributed by atoms with Crippen LogP contribution in [0.5, 0.6) is 0 Å². The molecule has 14 heavy (non-hydrogen) atoms. The summed E-state index contributed by atoms with van der Waals surface area (Å²) in [6.45, 7) is 0. The molecule has 0 saturated carbocycles. The van der Waals surface area contributed by atoms with Crippen LogP contribution in [0.1, 0.15) is 5.82 Å². The predicted molar refractivity (Wildman–Crippen MR) is 43.0 cm³/mol. The van der Waals surface area contributed by atoms with Gasteiger partial charge in [0.25, 0.3) is 0 Å². The van der Waals surface area contributed by atoms with Gasteiger partial charge in [0.05, 0.1) is 0 Å². The van der Waals surface area contributed by atoms with E-state index >= 15 is 0 Å². The van der Waals surface area contributed by atoms with E-state index in [4.69, 9.17) is 5.26 Å². The Morgan fingerprint density at radius 2 is 1.50 bits per heavy atom. The Labute approximate surface area is 98.1 Å². The molecule has 15 N–H and O–H groups in total. The summed E-state index contributed by atoms with van der Waals surface area (Å²) in [6, 6.07) is 1.66. The molecule has 88 valence electrons. The Balaban J connectivity index is -0.0000000140. The van der Waals surface area contributed by atoms with E-state index in [2.05, 4.69) is 20.6 Å². The molecular weight excluding hydrogens is 258 g/mol. The SMILES string of the molecule is N.N.N.N.N.N#Cc1nn[n-]n1.[Cl-].[Co+3]. The van der Waals surface area contributed by atoms with E-state index in [-0.39, 0.29) is 65.8 Å². The van der Waals surface area contributed by atoms with E-state index in [1.807, 2.05) is 0 Å². The van der Waals surface area contributed by atoms with E-state index in [1.165, 1.54) is 0 Å². The Kier molecular flexibility index (Phi) is 108. The topological polar surface area (TPSA) is 252 Å². The van der Waals surface area contributed by atoms with Crippen molar-refractivity contribution in [1.29, 1.82) is 5.26 Å². The standard InChI is InChI=1S/C2N5.ClH.Co.5H3N/c3-1-2-4-6-7-5-2;;;;;;;/h;1H;;5*1H3/q-1;;+3;;;;;/p-1. The van der Waals surface area contributed by atoms with Crippen LogP contribution in [0.3, 0.4) is 0 Å². The Hall–Kier alpha value is -0.844. The molecule has 0 aliphatic rings. The van der Waals surface area contributed by atoms with Gasteiger partial charge in [-0.05, 0) is 0 Å². The molecule has 1 aromatic rings. The van der Waals surface area contributed by atoms with Gasteiger partial charge in [-0.15, -0.1) is 0 Å². The summed E-state index contributed by atoms with van der Waals surface area (Å²) in [5, 5.41) is 20.5. The maximum atomic E-state index is 7.97. The Morgan fingerprint density at radius 1 is 1.07 bits per heavy atom. The smallest absolute Gasteiger partial charge is 1.00 e. The van der Waals surface area contributed by atoms with Crippen LogP contribution in [0.25, 0.3) is 0 Å². The summed E-state index contributed by atoms with van der Waals surface area (Å²) in [5.41, 5.74) is 0. The molecule has 0 radical (unpaired) electrons. The number of aromatic nitrogens is 4. The van der Waals surface area contributed by atoms with Gasteiger partial charge in [0.2, 0.25) is 0 Å². The third-order valence-electron chi connectivity index (χ3n) is 0.419. The molecule has 0 unspecified atom stereocenters. The first-order valence-corrected chi connectivity index (χ1v) is 1.52. The van der Waals surface area contributed by atoms with Crippen LogP contribution >= 0.6 is 0 Å². The fraction of sp³-hybridized carbons (Fsp3) is 0. The molecule has 0 bridgehead atoms. The van der Waals surface area contributed by atoms with Crippen LogP contribution in [0.2, 0.25) is 0 Å². The van der Waals surface area contributed by atoms with Gasteiger partial charge in [-0.25, -0.2) is 5.10 Å². The zero-order chi connectivity index (χ0) is 5.11. The quantitative estimate of drug-likeness (QED) is 0.311. The zero-order valence-corrected chi connectivity index (χ0v) is 9.28. The number of hydrogen-bond acceptors (Lipinski definition) is 9. The van der Waals surface area contributed by atoms with Crippen molar-refractivity contribution in [2.45, 2.75) is 0 Å². The maximum Gasteiger partial charge on any atom is 3.00 e. The van der Waals surface area contributed by atoms with Crippen molar-refractivity contribution in [3.8, 4) is 6.07 Å². The van der Waals surface area contributed by atoms with Crippen molar-refractivity contribution in [2.24, 2.45) is 0 Å². The summed E-state index contributed by atoms with van der Waals surface area (Å²) in [5.74, 6) is 0.0139. The van der Waals surface area contributed by atoms with Gasteiger partial charge in [0.15, 0.2) is 0 Å². The van der Waals surface area contributed by atoms with E-state index in [9.17, 15) is 0 Å². The minimum Gasteiger partial charge on any atom is -1.00 e. The molecule has 0 atom stereocenters. The zero-order valence-electron chi connectivity index (χ0n) is 7.48. The van der Waals surface area contributed by atoms with Crippen LogP contribution in [0.15, 0.2) is 0 Å². The Morgan fingerprint density at radius 3 is 1.64 bits per heavy atom. The molecule has 1 rings (SSSR count). The molecule has 0 aromatic carbocycles. The largest absolute Gasteiger partial charge is 3.00 e. The first kappa shape index (κ1) is 51.3. The van der Waals surface area contributed by atoms with Crippen molar-refractivity contribution >= 4 is 0 Å². The van der Waals surface area contributed by atoms with Gasteiger partial charge < -0.3 is 48.3 Å². The second-order valence-electron chi connectivity index (χ2n) is 0.814. The fourth-order valence-corrected chi connectivity index (χ4v) is 0.189. The molecule has 0 saturated heterocycles. The maximum absolute atomic E-state index is 7.97. The van der Waals surface area contributed by atoms with Gasteiger partial charge in [-0.1, -0.05) is 0 Å². The third-order valence-corrected chi connectivity index (χ3v) is 0.419. The molecule has 0 aliphatic heterocycles. The van der Waals surface area contributed by atoms with Crippen molar-refractivity contribution in [2.75, 3.05) is 0 Å². The third kappa shape index (κ3) is 17.3. The summed E-state index contributed by atoms with van der Waals surface area (Å²) in [6.07, 6.45) is 0. The van der Waals surface area contributed by atoms with E-state index in [1.54, 1.807) is 6.07 Å². The fourth-order valence-electron chi connectivity index (χ4n) is 0.189. The number of nitrogens with zero attached hydrogens (tertiary/aromatic N) is 5. The summed E-state index contributed by atoms with van der Waals surface area (Å²) in [4.78, 5) is 0. The van der Waals surface area contributed by atoms with Crippen LogP contribution in [0, 0.1) is 11.3 Å². The minimum atomic E-state index is 0.